The van der Waals surface area contributed by atoms with Crippen LogP contribution in [-0.2, 0) is 4.74 Å². The maximum Gasteiger partial charge on any atom is 0.139 e. The number of aromatic nitrogens is 1. The minimum atomic E-state index is 0.129. The maximum atomic E-state index is 6.45. The lowest BCUT2D eigenvalue weighted by Crippen LogP contribution is -2.39. The average molecular weight is 483 g/mol. The molecule has 2 aliphatic rings. The second-order valence-corrected chi connectivity index (χ2v) is 8.42. The molecule has 1 aromatic heterocycles. The van der Waals surface area contributed by atoms with Crippen LogP contribution in [0.3, 0.4) is 0 Å². The first kappa shape index (κ1) is 26.5. The van der Waals surface area contributed by atoms with E-state index in [0.717, 1.165) is 48.8 Å². The lowest BCUT2D eigenvalue weighted by atomic mass is 10.1. The second-order valence-electron chi connectivity index (χ2n) is 7.06. The molecule has 0 radical (unpaired) electrons. The fourth-order valence-electron chi connectivity index (χ4n) is 3.05. The summed E-state index contributed by atoms with van der Waals surface area (Å²) in [6, 6.07) is 6.03. The van der Waals surface area contributed by atoms with Gasteiger partial charge >= 0.3 is 0 Å². The van der Waals surface area contributed by atoms with E-state index in [-0.39, 0.29) is 5.50 Å². The van der Waals surface area contributed by atoms with E-state index in [1.165, 1.54) is 0 Å². The van der Waals surface area contributed by atoms with Crippen molar-refractivity contribution in [3.63, 3.8) is 0 Å². The quantitative estimate of drug-likeness (QED) is 0.576. The molecule has 2 aliphatic heterocycles. The van der Waals surface area contributed by atoms with Crippen molar-refractivity contribution in [2.75, 3.05) is 40.5 Å². The molecular weight excluding hydrogens is 448 g/mol. The van der Waals surface area contributed by atoms with E-state index >= 15 is 0 Å². The first-order chi connectivity index (χ1) is 15.5. The van der Waals surface area contributed by atoms with Crippen LogP contribution >= 0.6 is 23.4 Å². The zero-order valence-electron chi connectivity index (χ0n) is 19.8. The van der Waals surface area contributed by atoms with Crippen molar-refractivity contribution in [2.45, 2.75) is 39.2 Å². The van der Waals surface area contributed by atoms with E-state index in [9.17, 15) is 0 Å². The molecule has 1 aromatic carbocycles. The molecule has 1 fully saturated rings. The van der Waals surface area contributed by atoms with Crippen LogP contribution in [0.5, 0.6) is 11.5 Å². The molecular formula is C23H35ClN4O3S. The molecule has 0 saturated carbocycles. The van der Waals surface area contributed by atoms with Gasteiger partial charge in [0.1, 0.15) is 22.0 Å². The number of benzene rings is 1. The van der Waals surface area contributed by atoms with Crippen LogP contribution in [0.4, 0.5) is 0 Å². The predicted molar refractivity (Wildman–Crippen MR) is 136 cm³/mol. The number of ether oxygens (including phenoxy) is 3. The van der Waals surface area contributed by atoms with Crippen LogP contribution in [0.25, 0.3) is 16.6 Å². The Morgan fingerprint density at radius 3 is 2.38 bits per heavy atom. The molecule has 1 unspecified atom stereocenters. The molecule has 4 rings (SSSR count). The Morgan fingerprint density at radius 1 is 1.16 bits per heavy atom. The summed E-state index contributed by atoms with van der Waals surface area (Å²) in [7, 11) is 3.24. The third-order valence-corrected chi connectivity index (χ3v) is 5.76. The summed E-state index contributed by atoms with van der Waals surface area (Å²) in [6.07, 6.45) is 0. The Hall–Kier alpha value is -1.71. The number of nitrogens with zero attached hydrogens (tertiary/aromatic N) is 1. The number of fused-ring (bicyclic) bond motifs is 1. The molecule has 2 aromatic rings. The van der Waals surface area contributed by atoms with Gasteiger partial charge in [-0.25, -0.2) is 4.98 Å². The molecule has 9 heteroatoms. The van der Waals surface area contributed by atoms with Gasteiger partial charge in [0.15, 0.2) is 0 Å². The average Bonchev–Trinajstić information content (AvgIpc) is 3.29. The van der Waals surface area contributed by atoms with Crippen molar-refractivity contribution >= 4 is 40.0 Å². The number of hydrogen-bond acceptors (Lipinski definition) is 8. The summed E-state index contributed by atoms with van der Waals surface area (Å²) < 4.78 is 15.8. The van der Waals surface area contributed by atoms with E-state index in [0.29, 0.717) is 22.3 Å². The minimum Gasteiger partial charge on any atom is -0.496 e. The van der Waals surface area contributed by atoms with Gasteiger partial charge in [0.2, 0.25) is 0 Å². The minimum absolute atomic E-state index is 0.129. The SMILES string of the molecule is C1COCCN1.CC.COc1ccc2c(OC)cc(C3=CSC(NC(C)C)N3)nc2c1Cl. The van der Waals surface area contributed by atoms with Gasteiger partial charge in [0.05, 0.1) is 44.3 Å². The molecule has 0 spiro atoms. The summed E-state index contributed by atoms with van der Waals surface area (Å²) in [6.45, 7) is 12.1. The van der Waals surface area contributed by atoms with Gasteiger partial charge in [0.25, 0.3) is 0 Å². The number of thioether (sulfide) groups is 1. The summed E-state index contributed by atoms with van der Waals surface area (Å²) in [5.74, 6) is 1.32. The Morgan fingerprint density at radius 2 is 1.84 bits per heavy atom. The smallest absolute Gasteiger partial charge is 0.139 e. The Kier molecular flexibility index (Phi) is 11.4. The van der Waals surface area contributed by atoms with Crippen molar-refractivity contribution in [1.29, 1.82) is 0 Å². The molecule has 32 heavy (non-hydrogen) atoms. The number of nitrogens with one attached hydrogen (secondary N) is 3. The highest BCUT2D eigenvalue weighted by Gasteiger charge is 2.21. The molecule has 0 aliphatic carbocycles. The number of rotatable bonds is 5. The maximum absolute atomic E-state index is 6.45. The molecule has 3 heterocycles. The monoisotopic (exact) mass is 482 g/mol. The van der Waals surface area contributed by atoms with Crippen LogP contribution in [0.2, 0.25) is 5.02 Å². The van der Waals surface area contributed by atoms with Crippen LogP contribution in [0, 0.1) is 0 Å². The topological polar surface area (TPSA) is 76.7 Å². The number of hydrogen-bond donors (Lipinski definition) is 3. The van der Waals surface area contributed by atoms with Gasteiger partial charge in [-0.05, 0) is 31.4 Å². The van der Waals surface area contributed by atoms with E-state index in [1.807, 2.05) is 32.0 Å². The van der Waals surface area contributed by atoms with E-state index in [4.69, 9.17) is 30.8 Å². The summed E-state index contributed by atoms with van der Waals surface area (Å²) in [4.78, 5) is 4.72. The Bertz CT molecular complexity index is 880. The van der Waals surface area contributed by atoms with Crippen molar-refractivity contribution in [3.8, 4) is 11.5 Å². The van der Waals surface area contributed by atoms with Crippen molar-refractivity contribution in [2.24, 2.45) is 0 Å². The number of pyridine rings is 1. The Balaban J connectivity index is 0.000000387. The number of methoxy groups -OCH3 is 2. The lowest BCUT2D eigenvalue weighted by Gasteiger charge is -2.18. The zero-order chi connectivity index (χ0) is 23.5. The largest absolute Gasteiger partial charge is 0.496 e. The summed E-state index contributed by atoms with van der Waals surface area (Å²) in [5, 5.41) is 13.4. The highest BCUT2D eigenvalue weighted by atomic mass is 35.5. The molecule has 3 N–H and O–H groups in total. The van der Waals surface area contributed by atoms with Crippen LogP contribution in [-0.4, -0.2) is 57.0 Å². The van der Waals surface area contributed by atoms with E-state index < -0.39 is 0 Å². The molecule has 178 valence electrons. The first-order valence-electron chi connectivity index (χ1n) is 10.9. The second kappa shape index (κ2) is 13.7. The summed E-state index contributed by atoms with van der Waals surface area (Å²) >= 11 is 8.13. The van der Waals surface area contributed by atoms with Crippen LogP contribution < -0.4 is 25.4 Å². The highest BCUT2D eigenvalue weighted by molar-refractivity contribution is 8.03. The molecule has 7 nitrogen and oxygen atoms in total. The van der Waals surface area contributed by atoms with Crippen LogP contribution in [0.15, 0.2) is 23.6 Å². The first-order valence-corrected chi connectivity index (χ1v) is 12.2. The van der Waals surface area contributed by atoms with Crippen LogP contribution in [0.1, 0.15) is 33.4 Å². The molecule has 1 atom stereocenters. The molecule has 1 saturated heterocycles. The number of halogens is 1. The van der Waals surface area contributed by atoms with Crippen molar-refractivity contribution < 1.29 is 14.2 Å². The van der Waals surface area contributed by atoms with E-state index in [2.05, 4.69) is 35.2 Å². The van der Waals surface area contributed by atoms with Crippen molar-refractivity contribution in [1.82, 2.24) is 20.9 Å². The third-order valence-electron chi connectivity index (χ3n) is 4.50. The van der Waals surface area contributed by atoms with Gasteiger partial charge in [-0.2, -0.15) is 0 Å². The highest BCUT2D eigenvalue weighted by Crippen LogP contribution is 2.37. The van der Waals surface area contributed by atoms with Gasteiger partial charge < -0.3 is 24.8 Å². The molecule has 0 bridgehead atoms. The fraction of sp³-hybridized carbons (Fsp3) is 0.522. The van der Waals surface area contributed by atoms with Gasteiger partial charge in [0, 0.05) is 30.6 Å². The fourth-order valence-corrected chi connectivity index (χ4v) is 4.34. The van der Waals surface area contributed by atoms with Gasteiger partial charge in [-0.1, -0.05) is 37.2 Å². The standard InChI is InChI=1S/C17H20ClN3O2S.C4H9NO.C2H6/c1-9(2)19-17-21-12(8-24-17)11-7-14(23-4)10-5-6-13(22-3)15(18)16(10)20-11;1-3-6-4-2-5-1;1-2/h5-9,17,19,21H,1-4H3;5H,1-4H2;1-2H3. The van der Waals surface area contributed by atoms with E-state index in [1.54, 1.807) is 26.0 Å². The summed E-state index contributed by atoms with van der Waals surface area (Å²) in [5.41, 5.74) is 2.52. The third kappa shape index (κ3) is 7.15. The Labute approximate surface area is 200 Å². The predicted octanol–water partition coefficient (Wildman–Crippen LogP) is 4.45. The normalized spacial score (nSPS) is 17.5. The number of morpholine rings is 1. The zero-order valence-corrected chi connectivity index (χ0v) is 21.3. The molecule has 0 amide bonds. The van der Waals surface area contributed by atoms with Gasteiger partial charge in [-0.3, -0.25) is 5.32 Å². The van der Waals surface area contributed by atoms with Gasteiger partial charge in [-0.15, -0.1) is 0 Å². The van der Waals surface area contributed by atoms with Crippen molar-refractivity contribution in [3.05, 3.63) is 34.3 Å². The lowest BCUT2D eigenvalue weighted by molar-refractivity contribution is 0.109.